The van der Waals surface area contributed by atoms with Crippen molar-refractivity contribution in [2.45, 2.75) is 64.0 Å². The van der Waals surface area contributed by atoms with E-state index >= 15 is 4.39 Å². The molecule has 0 aliphatic heterocycles. The van der Waals surface area contributed by atoms with Gasteiger partial charge in [0.15, 0.2) is 11.4 Å². The Balaban J connectivity index is 1.04. The number of halogens is 1. The number of para-hydroxylation sites is 1. The molecule has 0 aliphatic rings. The molecule has 0 unspecified atom stereocenters. The van der Waals surface area contributed by atoms with Crippen LogP contribution in [-0.4, -0.2) is 15.0 Å². The minimum absolute atomic E-state index is 0.0428. The molecule has 324 valence electrons. The molecule has 10 rings (SSSR count). The largest absolute Gasteiger partial charge is 0.452 e. The summed E-state index contributed by atoms with van der Waals surface area (Å²) < 4.78 is 100. The molecular weight excluding hydrogens is 810 g/mol. The highest BCUT2D eigenvalue weighted by molar-refractivity contribution is 6.10. The van der Waals surface area contributed by atoms with Crippen molar-refractivity contribution >= 4 is 21.9 Å². The first-order valence-corrected chi connectivity index (χ1v) is 22.0. The summed E-state index contributed by atoms with van der Waals surface area (Å²) >= 11 is 0. The summed E-state index contributed by atoms with van der Waals surface area (Å²) in [6.45, 7) is 6.90. The maximum Gasteiger partial charge on any atom is 0.174 e. The zero-order valence-corrected chi connectivity index (χ0v) is 37.1. The van der Waals surface area contributed by atoms with E-state index in [9.17, 15) is 11.0 Å². The van der Waals surface area contributed by atoms with E-state index in [0.717, 1.165) is 11.1 Å². The van der Waals surface area contributed by atoms with Gasteiger partial charge in [-0.2, -0.15) is 0 Å². The van der Waals surface area contributed by atoms with Crippen LogP contribution in [0.2, 0.25) is 0 Å². The van der Waals surface area contributed by atoms with E-state index in [1.165, 1.54) is 30.5 Å². The first kappa shape index (κ1) is 33.9. The third kappa shape index (κ3) is 8.82. The highest BCUT2D eigenvalue weighted by atomic mass is 19.1. The molecule has 0 saturated heterocycles. The predicted molar refractivity (Wildman–Crippen MR) is 269 cm³/mol. The molecule has 4 nitrogen and oxygen atoms in total. The smallest absolute Gasteiger partial charge is 0.174 e. The summed E-state index contributed by atoms with van der Waals surface area (Å²) in [5.74, 6) is -0.501. The summed E-state index contributed by atoms with van der Waals surface area (Å²) in [5, 5.41) is 1.24. The molecule has 4 heterocycles. The van der Waals surface area contributed by atoms with Crippen LogP contribution in [0.4, 0.5) is 4.39 Å². The molecule has 0 atom stereocenters. The molecular formula is C61H52FN3O. The van der Waals surface area contributed by atoms with Crippen LogP contribution < -0.4 is 0 Å². The van der Waals surface area contributed by atoms with Crippen molar-refractivity contribution in [1.82, 2.24) is 15.0 Å². The minimum Gasteiger partial charge on any atom is -0.452 e. The lowest BCUT2D eigenvalue weighted by Crippen LogP contribution is -2.23. The Morgan fingerprint density at radius 2 is 0.939 bits per heavy atom. The van der Waals surface area contributed by atoms with Crippen LogP contribution in [0.15, 0.2) is 199 Å². The van der Waals surface area contributed by atoms with Crippen molar-refractivity contribution in [3.05, 3.63) is 234 Å². The van der Waals surface area contributed by atoms with E-state index in [-0.39, 0.29) is 27.8 Å². The Hall–Kier alpha value is -7.50. The SMILES string of the molecule is [2H]C([2H])(c1ccc(-c2cccc3c2oc2c(F)c(-c4ccccc4)ccc23)nc1)C([2H])([2H])c1cc(C([2H])([2H])C(C)(C)c2ccc(-c3ccccc3)nc2)cc(C([2H])([2H])C(C)(C)c2ccc(-c3ccccc3)nc2)c1. The summed E-state index contributed by atoms with van der Waals surface area (Å²) in [7, 11) is 0. The first-order valence-electron chi connectivity index (χ1n) is 26.0. The summed E-state index contributed by atoms with van der Waals surface area (Å²) in [6.07, 6.45) is -5.80. The number of furan rings is 1. The van der Waals surface area contributed by atoms with E-state index in [0.29, 0.717) is 61.3 Å². The number of hydrogen-bond donors (Lipinski definition) is 0. The third-order valence-electron chi connectivity index (χ3n) is 12.0. The number of rotatable bonds is 13. The topological polar surface area (TPSA) is 51.8 Å². The molecule has 0 fully saturated rings. The van der Waals surface area contributed by atoms with Crippen LogP contribution in [0, 0.1) is 5.82 Å². The molecule has 0 amide bonds. The highest BCUT2D eigenvalue weighted by Crippen LogP contribution is 2.39. The van der Waals surface area contributed by atoms with Crippen LogP contribution in [0.25, 0.3) is 66.8 Å². The van der Waals surface area contributed by atoms with Crippen molar-refractivity contribution in [3.8, 4) is 44.9 Å². The average molecular weight is 870 g/mol. The lowest BCUT2D eigenvalue weighted by atomic mass is 9.77. The van der Waals surface area contributed by atoms with Gasteiger partial charge in [0.2, 0.25) is 0 Å². The third-order valence-corrected chi connectivity index (χ3v) is 12.0. The quantitative estimate of drug-likeness (QED) is 0.116. The molecule has 5 heteroatoms. The second-order valence-electron chi connectivity index (χ2n) is 17.5. The van der Waals surface area contributed by atoms with E-state index in [1.54, 1.807) is 64.4 Å². The number of aryl methyl sites for hydroxylation is 2. The molecule has 6 aromatic carbocycles. The minimum atomic E-state index is -2.90. The Labute approximate surface area is 398 Å². The van der Waals surface area contributed by atoms with Gasteiger partial charge in [0.1, 0.15) is 5.58 Å². The zero-order chi connectivity index (χ0) is 52.4. The number of aromatic nitrogens is 3. The van der Waals surface area contributed by atoms with E-state index in [4.69, 9.17) is 14.4 Å². The van der Waals surface area contributed by atoms with Crippen molar-refractivity contribution in [1.29, 1.82) is 0 Å². The van der Waals surface area contributed by atoms with Gasteiger partial charge in [-0.1, -0.05) is 173 Å². The van der Waals surface area contributed by atoms with Crippen molar-refractivity contribution in [3.63, 3.8) is 0 Å². The number of pyridine rings is 3. The van der Waals surface area contributed by atoms with Crippen LogP contribution in [0.3, 0.4) is 0 Å². The summed E-state index contributed by atoms with van der Waals surface area (Å²) in [4.78, 5) is 14.0. The van der Waals surface area contributed by atoms with E-state index < -0.39 is 42.1 Å². The number of nitrogens with zero attached hydrogens (tertiary/aromatic N) is 3. The van der Waals surface area contributed by atoms with E-state index in [1.807, 2.05) is 127 Å². The molecule has 0 radical (unpaired) electrons. The predicted octanol–water partition coefficient (Wildman–Crippen LogP) is 15.4. The Morgan fingerprint density at radius 1 is 0.439 bits per heavy atom. The lowest BCUT2D eigenvalue weighted by molar-refractivity contribution is 0.512. The standard InChI is InChI=1S/C61H52FN3O/c1-60(2,48-26-31-54(64-39-48)46-17-10-6-11-18-46)36-43-33-42(34-44(35-43)37-61(3,4)49-27-32-55(65-40-49)47-19-12-7-13-20-47)24-23-41-25-30-56(63-38-41)53-22-14-21-51-52-29-28-50(45-15-8-5-9-16-45)57(62)59(52)66-58(51)53/h5-22,25-35,38-40H,23-24,36-37H2,1-4H3/i23D2,24D2,36D2,37D2. The number of fused-ring (bicyclic) bond motifs is 3. The molecule has 10 aromatic rings. The molecule has 0 saturated carbocycles. The molecule has 0 spiro atoms. The van der Waals surface area contributed by atoms with Crippen LogP contribution in [0.1, 0.15) is 72.0 Å². The molecule has 4 aromatic heterocycles. The molecule has 0 bridgehead atoms. The van der Waals surface area contributed by atoms with Gasteiger partial charge in [-0.3, -0.25) is 15.0 Å². The first-order chi connectivity index (χ1) is 35.1. The Morgan fingerprint density at radius 3 is 1.47 bits per heavy atom. The van der Waals surface area contributed by atoms with Gasteiger partial charge in [-0.15, -0.1) is 0 Å². The Kier molecular flexibility index (Phi) is 9.16. The zero-order valence-electron chi connectivity index (χ0n) is 45.1. The summed E-state index contributed by atoms with van der Waals surface area (Å²) in [5.41, 5.74) is 3.65. The van der Waals surface area contributed by atoms with E-state index in [2.05, 4.69) is 4.98 Å². The van der Waals surface area contributed by atoms with Gasteiger partial charge in [0.05, 0.1) is 17.1 Å². The summed E-state index contributed by atoms with van der Waals surface area (Å²) in [6, 6.07) is 51.8. The van der Waals surface area contributed by atoms with Crippen LogP contribution >= 0.6 is 0 Å². The van der Waals surface area contributed by atoms with Gasteiger partial charge < -0.3 is 4.42 Å². The Bertz CT molecular complexity index is 3540. The van der Waals surface area contributed by atoms with Gasteiger partial charge in [0.25, 0.3) is 0 Å². The molecule has 0 aliphatic carbocycles. The van der Waals surface area contributed by atoms with Crippen LogP contribution in [0.5, 0.6) is 0 Å². The maximum absolute atomic E-state index is 16.1. The van der Waals surface area contributed by atoms with Crippen LogP contribution in [-0.2, 0) is 36.3 Å². The normalized spacial score (nSPS) is 14.6. The molecule has 0 N–H and O–H groups in total. The highest BCUT2D eigenvalue weighted by Gasteiger charge is 2.26. The van der Waals surface area contributed by atoms with Crippen molar-refractivity contribution < 1.29 is 19.8 Å². The molecule has 66 heavy (non-hydrogen) atoms. The maximum atomic E-state index is 16.1. The van der Waals surface area contributed by atoms with Gasteiger partial charge >= 0.3 is 0 Å². The van der Waals surface area contributed by atoms with Crippen molar-refractivity contribution in [2.75, 3.05) is 0 Å². The second kappa shape index (κ2) is 17.8. The second-order valence-corrected chi connectivity index (χ2v) is 17.5. The average Bonchev–Trinajstić information content (AvgIpc) is 3.81. The monoisotopic (exact) mass is 869 g/mol. The van der Waals surface area contributed by atoms with Gasteiger partial charge in [-0.25, -0.2) is 4.39 Å². The number of hydrogen-bond acceptors (Lipinski definition) is 4. The van der Waals surface area contributed by atoms with Gasteiger partial charge in [0, 0.05) is 62.6 Å². The fourth-order valence-corrected chi connectivity index (χ4v) is 8.44. The van der Waals surface area contributed by atoms with Crippen molar-refractivity contribution in [2.24, 2.45) is 0 Å². The van der Waals surface area contributed by atoms with Gasteiger partial charge in [-0.05, 0) is 106 Å². The fraction of sp³-hybridized carbons (Fsp3) is 0.164. The number of benzene rings is 6. The fourth-order valence-electron chi connectivity index (χ4n) is 8.44. The lowest BCUT2D eigenvalue weighted by Gasteiger charge is -2.28.